The van der Waals surface area contributed by atoms with Crippen molar-refractivity contribution in [3.05, 3.63) is 86.4 Å². The number of nitrogens with zero attached hydrogens (tertiary/aromatic N) is 1. The Morgan fingerprint density at radius 3 is 2.75 bits per heavy atom. The highest BCUT2D eigenvalue weighted by atomic mass is 35.5. The van der Waals surface area contributed by atoms with E-state index in [0.29, 0.717) is 49.3 Å². The number of fused-ring (bicyclic) bond motifs is 1. The zero-order valence-electron chi connectivity index (χ0n) is 17.2. The van der Waals surface area contributed by atoms with Gasteiger partial charge < -0.3 is 15.8 Å². The molecule has 32 heavy (non-hydrogen) atoms. The average molecular weight is 472 g/mol. The molecule has 1 unspecified atom stereocenters. The Labute approximate surface area is 192 Å². The zero-order chi connectivity index (χ0) is 23.0. The number of halogens is 2. The van der Waals surface area contributed by atoms with Crippen molar-refractivity contribution in [1.29, 1.82) is 0 Å². The van der Waals surface area contributed by atoms with Crippen LogP contribution in [0.3, 0.4) is 0 Å². The predicted molar refractivity (Wildman–Crippen MR) is 123 cm³/mol. The minimum Gasteiger partial charge on any atom is -0.466 e. The number of methoxy groups -OCH3 is 1. The number of benzene rings is 1. The molecule has 9 heteroatoms. The largest absolute Gasteiger partial charge is 0.466 e. The molecule has 0 saturated heterocycles. The van der Waals surface area contributed by atoms with Crippen molar-refractivity contribution in [1.82, 2.24) is 4.98 Å². The fraction of sp³-hybridized carbons (Fsp3) is 0.174. The standard InChI is InChI=1S/C23H19ClFN3O3S/c1-3-14-17(23(30)31-2)16(11-7-8-27-15(25)10-11)18-19(26)21(32-22(18)28-14)20(29)12-5-4-6-13(24)9-12/h4-10,16,28H,3,26H2,1-2H3. The van der Waals surface area contributed by atoms with Crippen LogP contribution >= 0.6 is 22.9 Å². The summed E-state index contributed by atoms with van der Waals surface area (Å²) in [5.74, 6) is -2.25. The topological polar surface area (TPSA) is 94.3 Å². The van der Waals surface area contributed by atoms with Gasteiger partial charge in [-0.2, -0.15) is 4.39 Å². The molecule has 0 radical (unpaired) electrons. The minimum atomic E-state index is -0.719. The molecular formula is C23H19ClFN3O3S. The van der Waals surface area contributed by atoms with Gasteiger partial charge >= 0.3 is 5.97 Å². The molecule has 2 aromatic heterocycles. The number of nitrogen functional groups attached to an aromatic ring is 1. The summed E-state index contributed by atoms with van der Waals surface area (Å²) in [7, 11) is 1.29. The average Bonchev–Trinajstić information content (AvgIpc) is 3.12. The first-order valence-corrected chi connectivity index (χ1v) is 11.0. The Bertz CT molecular complexity index is 1270. The minimum absolute atomic E-state index is 0.223. The van der Waals surface area contributed by atoms with E-state index in [1.54, 1.807) is 30.3 Å². The van der Waals surface area contributed by atoms with Crippen LogP contribution in [0.5, 0.6) is 0 Å². The molecule has 4 rings (SSSR count). The summed E-state index contributed by atoms with van der Waals surface area (Å²) < 4.78 is 19.1. The van der Waals surface area contributed by atoms with Gasteiger partial charge in [-0.15, -0.1) is 11.3 Å². The monoisotopic (exact) mass is 471 g/mol. The number of aromatic nitrogens is 1. The number of allylic oxidation sites excluding steroid dienone is 1. The quantitative estimate of drug-likeness (QED) is 0.304. The maximum absolute atomic E-state index is 14.0. The van der Waals surface area contributed by atoms with E-state index in [-0.39, 0.29) is 11.5 Å². The summed E-state index contributed by atoms with van der Waals surface area (Å²) in [4.78, 5) is 29.9. The lowest BCUT2D eigenvalue weighted by molar-refractivity contribution is -0.136. The number of nitrogens with one attached hydrogen (secondary N) is 1. The second-order valence-electron chi connectivity index (χ2n) is 7.13. The van der Waals surface area contributed by atoms with Crippen LogP contribution in [0.1, 0.15) is 45.6 Å². The van der Waals surface area contributed by atoms with E-state index in [4.69, 9.17) is 22.1 Å². The van der Waals surface area contributed by atoms with Gasteiger partial charge in [-0.05, 0) is 36.2 Å². The molecule has 1 aromatic carbocycles. The number of ether oxygens (including phenoxy) is 1. The van der Waals surface area contributed by atoms with E-state index >= 15 is 0 Å². The van der Waals surface area contributed by atoms with Gasteiger partial charge in [0.15, 0.2) is 0 Å². The van der Waals surface area contributed by atoms with Gasteiger partial charge in [0, 0.05) is 34.0 Å². The molecule has 0 saturated carbocycles. The van der Waals surface area contributed by atoms with E-state index in [2.05, 4.69) is 10.3 Å². The third-order valence-corrected chi connectivity index (χ3v) is 6.66. The van der Waals surface area contributed by atoms with Gasteiger partial charge in [0.05, 0.1) is 23.4 Å². The maximum Gasteiger partial charge on any atom is 0.336 e. The van der Waals surface area contributed by atoms with Gasteiger partial charge in [-0.1, -0.05) is 30.7 Å². The Morgan fingerprint density at radius 1 is 1.31 bits per heavy atom. The lowest BCUT2D eigenvalue weighted by Crippen LogP contribution is -2.24. The van der Waals surface area contributed by atoms with Crippen molar-refractivity contribution in [2.24, 2.45) is 0 Å². The maximum atomic E-state index is 14.0. The summed E-state index contributed by atoms with van der Waals surface area (Å²) in [6.45, 7) is 1.88. The summed E-state index contributed by atoms with van der Waals surface area (Å²) in [6, 6.07) is 9.47. The Kier molecular flexibility index (Phi) is 5.99. The predicted octanol–water partition coefficient (Wildman–Crippen LogP) is 5.14. The number of anilines is 2. The lowest BCUT2D eigenvalue weighted by Gasteiger charge is -2.29. The number of hydrogen-bond donors (Lipinski definition) is 2. The number of carbonyl (C=O) groups excluding carboxylic acids is 2. The van der Waals surface area contributed by atoms with Crippen molar-refractivity contribution in [2.75, 3.05) is 18.2 Å². The van der Waals surface area contributed by atoms with Crippen LogP contribution in [0.15, 0.2) is 53.9 Å². The van der Waals surface area contributed by atoms with Gasteiger partial charge in [0.2, 0.25) is 11.7 Å². The van der Waals surface area contributed by atoms with Crippen LogP contribution in [0.25, 0.3) is 0 Å². The Morgan fingerprint density at radius 2 is 2.09 bits per heavy atom. The second kappa shape index (κ2) is 8.72. The molecule has 1 atom stereocenters. The van der Waals surface area contributed by atoms with Gasteiger partial charge in [-0.3, -0.25) is 4.79 Å². The molecule has 0 bridgehead atoms. The second-order valence-corrected chi connectivity index (χ2v) is 8.59. The summed E-state index contributed by atoms with van der Waals surface area (Å²) in [5, 5.41) is 4.29. The van der Waals surface area contributed by atoms with Crippen LogP contribution in [0, 0.1) is 5.95 Å². The van der Waals surface area contributed by atoms with E-state index in [9.17, 15) is 14.0 Å². The number of esters is 1. The number of thiophene rings is 1. The number of rotatable bonds is 5. The SMILES string of the molecule is CCC1=C(C(=O)OC)C(c2ccnc(F)c2)c2c(sc(C(=O)c3cccc(Cl)c3)c2N)N1. The Hall–Kier alpha value is -3.23. The lowest BCUT2D eigenvalue weighted by atomic mass is 9.81. The Balaban J connectivity index is 1.93. The fourth-order valence-corrected chi connectivity index (χ4v) is 5.19. The van der Waals surface area contributed by atoms with Crippen molar-refractivity contribution >= 4 is 45.4 Å². The van der Waals surface area contributed by atoms with Gasteiger partial charge in [0.1, 0.15) is 4.88 Å². The molecule has 1 aliphatic heterocycles. The highest BCUT2D eigenvalue weighted by Crippen LogP contribution is 2.51. The first-order valence-electron chi connectivity index (χ1n) is 9.77. The number of hydrogen-bond acceptors (Lipinski definition) is 7. The van der Waals surface area contributed by atoms with Crippen LogP contribution < -0.4 is 11.1 Å². The number of pyridine rings is 1. The van der Waals surface area contributed by atoms with E-state index in [1.165, 1.54) is 30.7 Å². The highest BCUT2D eigenvalue weighted by Gasteiger charge is 2.38. The molecule has 0 fully saturated rings. The van der Waals surface area contributed by atoms with Crippen LogP contribution in [-0.4, -0.2) is 23.8 Å². The highest BCUT2D eigenvalue weighted by molar-refractivity contribution is 7.19. The zero-order valence-corrected chi connectivity index (χ0v) is 18.8. The molecule has 0 amide bonds. The van der Waals surface area contributed by atoms with Crippen LogP contribution in [0.2, 0.25) is 5.02 Å². The van der Waals surface area contributed by atoms with Crippen LogP contribution in [0.4, 0.5) is 15.1 Å². The van der Waals surface area contributed by atoms with Crippen molar-refractivity contribution in [2.45, 2.75) is 19.3 Å². The fourth-order valence-electron chi connectivity index (χ4n) is 3.85. The van der Waals surface area contributed by atoms with Gasteiger partial charge in [-0.25, -0.2) is 9.78 Å². The molecule has 164 valence electrons. The smallest absolute Gasteiger partial charge is 0.336 e. The number of carbonyl (C=O) groups is 2. The molecule has 3 N–H and O–H groups in total. The first kappa shape index (κ1) is 22.0. The molecule has 1 aliphatic rings. The van der Waals surface area contributed by atoms with Gasteiger partial charge in [0.25, 0.3) is 0 Å². The molecule has 3 aromatic rings. The van der Waals surface area contributed by atoms with Crippen molar-refractivity contribution < 1.29 is 18.7 Å². The summed E-state index contributed by atoms with van der Waals surface area (Å²) in [5.41, 5.74) is 9.06. The van der Waals surface area contributed by atoms with E-state index in [0.717, 1.165) is 0 Å². The third-order valence-electron chi connectivity index (χ3n) is 5.29. The molecule has 0 spiro atoms. The molecular weight excluding hydrogens is 453 g/mol. The molecule has 6 nitrogen and oxygen atoms in total. The first-order chi connectivity index (χ1) is 15.3. The normalized spacial score (nSPS) is 15.2. The van der Waals surface area contributed by atoms with Crippen LogP contribution in [-0.2, 0) is 9.53 Å². The summed E-state index contributed by atoms with van der Waals surface area (Å²) in [6.07, 6.45) is 1.82. The van der Waals surface area contributed by atoms with E-state index in [1.807, 2.05) is 6.92 Å². The number of ketones is 1. The van der Waals surface area contributed by atoms with Crippen molar-refractivity contribution in [3.63, 3.8) is 0 Å². The molecule has 3 heterocycles. The van der Waals surface area contributed by atoms with E-state index < -0.39 is 17.8 Å². The third kappa shape index (κ3) is 3.76. The number of nitrogens with two attached hydrogens (primary N) is 1. The van der Waals surface area contributed by atoms with Crippen molar-refractivity contribution in [3.8, 4) is 0 Å². The summed E-state index contributed by atoms with van der Waals surface area (Å²) >= 11 is 7.24. The molecule has 0 aliphatic carbocycles.